The first-order valence-corrected chi connectivity index (χ1v) is 10.3. The predicted molar refractivity (Wildman–Crippen MR) is 121 cm³/mol. The Hall–Kier alpha value is -3.70. The van der Waals surface area contributed by atoms with Crippen LogP contribution in [0.2, 0.25) is 5.02 Å². The van der Waals surface area contributed by atoms with Crippen LogP contribution in [0.25, 0.3) is 16.7 Å². The van der Waals surface area contributed by atoms with Gasteiger partial charge in [0.2, 0.25) is 0 Å². The minimum atomic E-state index is -4.61. The fraction of sp³-hybridized carbons (Fsp3) is 0.182. The molecular weight excluding hydrogens is 473 g/mol. The topological polar surface area (TPSA) is 119 Å². The number of alkyl halides is 3. The molecule has 0 fully saturated rings. The van der Waals surface area contributed by atoms with E-state index in [1.807, 2.05) is 0 Å². The van der Waals surface area contributed by atoms with Gasteiger partial charge in [-0.15, -0.1) is 0 Å². The molecule has 8 nitrogen and oxygen atoms in total. The number of nitrogens with zero attached hydrogens (tertiary/aromatic N) is 4. The van der Waals surface area contributed by atoms with E-state index in [2.05, 4.69) is 20.4 Å². The van der Waals surface area contributed by atoms with E-state index in [4.69, 9.17) is 17.3 Å². The third-order valence-electron chi connectivity index (χ3n) is 5.09. The average molecular weight is 491 g/mol. The Bertz CT molecular complexity index is 1420. The van der Waals surface area contributed by atoms with Gasteiger partial charge in [-0.1, -0.05) is 23.2 Å². The average Bonchev–Trinajstić information content (AvgIpc) is 3.10. The first kappa shape index (κ1) is 23.5. The highest BCUT2D eigenvalue weighted by molar-refractivity contribution is 6.32. The fourth-order valence-corrected chi connectivity index (χ4v) is 3.80. The molecule has 2 aromatic carbocycles. The number of halogens is 4. The Morgan fingerprint density at radius 3 is 2.59 bits per heavy atom. The molecule has 0 bridgehead atoms. The molecular formula is C22H18ClF3N6O2. The van der Waals surface area contributed by atoms with E-state index in [9.17, 15) is 23.1 Å². The lowest BCUT2D eigenvalue weighted by atomic mass is 10.0. The van der Waals surface area contributed by atoms with E-state index in [0.717, 1.165) is 12.1 Å². The van der Waals surface area contributed by atoms with Crippen molar-refractivity contribution in [3.05, 3.63) is 70.1 Å². The maximum Gasteiger partial charge on any atom is 0.416 e. The summed E-state index contributed by atoms with van der Waals surface area (Å²) in [5, 5.41) is 17.4. The number of hydrogen-bond donors (Lipinski definition) is 3. The zero-order valence-corrected chi connectivity index (χ0v) is 18.6. The fourth-order valence-electron chi connectivity index (χ4n) is 3.54. The van der Waals surface area contributed by atoms with Crippen molar-refractivity contribution in [2.75, 3.05) is 11.1 Å². The summed E-state index contributed by atoms with van der Waals surface area (Å²) in [6, 6.07) is 7.48. The standard InChI is InChI=1S/C22H18ClF3N6O2/c1-10-5-12(7-13(6-10)22(24,25)26)19(33)21(34)30-14-3-4-16(15(23)8-14)32-18-17(11(2)31-32)28-9-29-20(18)27/h3-9,19,33H,1-2H3,(H,30,34)(H2,27,28,29). The number of nitrogens with one attached hydrogen (secondary N) is 1. The van der Waals surface area contributed by atoms with Crippen LogP contribution in [0.15, 0.2) is 42.7 Å². The Kier molecular flexibility index (Phi) is 5.92. The van der Waals surface area contributed by atoms with Crippen molar-refractivity contribution in [3.8, 4) is 5.69 Å². The molecule has 0 saturated carbocycles. The highest BCUT2D eigenvalue weighted by atomic mass is 35.5. The molecule has 176 valence electrons. The van der Waals surface area contributed by atoms with Crippen LogP contribution in [0.3, 0.4) is 0 Å². The number of nitrogen functional groups attached to an aromatic ring is 1. The van der Waals surface area contributed by atoms with E-state index in [0.29, 0.717) is 22.4 Å². The number of anilines is 2. The number of aliphatic hydroxyl groups is 1. The number of aryl methyl sites for hydroxylation is 2. The van der Waals surface area contributed by atoms with Gasteiger partial charge in [0.15, 0.2) is 11.9 Å². The lowest BCUT2D eigenvalue weighted by Gasteiger charge is -2.16. The largest absolute Gasteiger partial charge is 0.416 e. The van der Waals surface area contributed by atoms with Crippen LogP contribution in [-0.4, -0.2) is 30.8 Å². The summed E-state index contributed by atoms with van der Waals surface area (Å²) in [6.07, 6.45) is -5.10. The molecule has 1 atom stereocenters. The number of rotatable bonds is 4. The molecule has 0 spiro atoms. The highest BCUT2D eigenvalue weighted by Gasteiger charge is 2.32. The summed E-state index contributed by atoms with van der Waals surface area (Å²) < 4.78 is 40.7. The van der Waals surface area contributed by atoms with E-state index < -0.39 is 23.8 Å². The Morgan fingerprint density at radius 2 is 1.91 bits per heavy atom. The van der Waals surface area contributed by atoms with Gasteiger partial charge >= 0.3 is 6.18 Å². The van der Waals surface area contributed by atoms with Crippen LogP contribution in [0, 0.1) is 13.8 Å². The molecule has 2 heterocycles. The Morgan fingerprint density at radius 1 is 1.18 bits per heavy atom. The van der Waals surface area contributed by atoms with Crippen molar-refractivity contribution in [2.45, 2.75) is 26.1 Å². The van der Waals surface area contributed by atoms with Crippen molar-refractivity contribution in [1.82, 2.24) is 19.7 Å². The van der Waals surface area contributed by atoms with Crippen molar-refractivity contribution in [3.63, 3.8) is 0 Å². The molecule has 0 aliphatic heterocycles. The minimum absolute atomic E-state index is 0.179. The van der Waals surface area contributed by atoms with Crippen molar-refractivity contribution >= 4 is 40.0 Å². The summed E-state index contributed by atoms with van der Waals surface area (Å²) >= 11 is 6.42. The zero-order chi connectivity index (χ0) is 24.8. The van der Waals surface area contributed by atoms with E-state index in [1.165, 1.54) is 36.1 Å². The molecule has 0 aliphatic carbocycles. The third-order valence-corrected chi connectivity index (χ3v) is 5.39. The number of benzene rings is 2. The molecule has 2 aromatic heterocycles. The van der Waals surface area contributed by atoms with Gasteiger partial charge in [0, 0.05) is 5.69 Å². The van der Waals surface area contributed by atoms with Crippen molar-refractivity contribution < 1.29 is 23.1 Å². The monoisotopic (exact) mass is 490 g/mol. The number of hydrogen-bond acceptors (Lipinski definition) is 6. The van der Waals surface area contributed by atoms with Gasteiger partial charge in [-0.2, -0.15) is 18.3 Å². The smallest absolute Gasteiger partial charge is 0.382 e. The number of amides is 1. The van der Waals surface area contributed by atoms with Crippen LogP contribution >= 0.6 is 11.6 Å². The maximum absolute atomic E-state index is 13.1. The van der Waals surface area contributed by atoms with Gasteiger partial charge < -0.3 is 16.2 Å². The number of carbonyl (C=O) groups excluding carboxylic acids is 1. The summed E-state index contributed by atoms with van der Waals surface area (Å²) in [5.41, 5.74) is 7.40. The summed E-state index contributed by atoms with van der Waals surface area (Å²) in [7, 11) is 0. The molecule has 1 amide bonds. The quantitative estimate of drug-likeness (QED) is 0.391. The van der Waals surface area contributed by atoms with Crippen molar-refractivity contribution in [1.29, 1.82) is 0 Å². The van der Waals surface area contributed by atoms with E-state index in [1.54, 1.807) is 13.0 Å². The van der Waals surface area contributed by atoms with Gasteiger partial charge in [0.05, 0.1) is 22.0 Å². The Labute approximate surface area is 196 Å². The predicted octanol–water partition coefficient (Wildman–Crippen LogP) is 4.36. The lowest BCUT2D eigenvalue weighted by Crippen LogP contribution is -2.21. The SMILES string of the molecule is Cc1cc(C(O)C(=O)Nc2ccc(-n3nc(C)c4ncnc(N)c43)c(Cl)c2)cc(C(F)(F)F)c1. The van der Waals surface area contributed by atoms with Crippen LogP contribution in [0.4, 0.5) is 24.7 Å². The second-order valence-corrected chi connectivity index (χ2v) is 8.05. The van der Waals surface area contributed by atoms with Gasteiger partial charge in [-0.25, -0.2) is 14.6 Å². The highest BCUT2D eigenvalue weighted by Crippen LogP contribution is 2.33. The van der Waals surface area contributed by atoms with Gasteiger partial charge in [0.1, 0.15) is 17.4 Å². The number of aliphatic hydroxyl groups excluding tert-OH is 1. The molecule has 4 N–H and O–H groups in total. The zero-order valence-electron chi connectivity index (χ0n) is 17.9. The number of carbonyl (C=O) groups is 1. The molecule has 0 radical (unpaired) electrons. The number of nitrogens with two attached hydrogens (primary N) is 1. The molecule has 12 heteroatoms. The molecule has 0 aliphatic rings. The van der Waals surface area contributed by atoms with Crippen LogP contribution < -0.4 is 11.1 Å². The van der Waals surface area contributed by atoms with Crippen LogP contribution in [0.1, 0.15) is 28.5 Å². The molecule has 0 saturated heterocycles. The minimum Gasteiger partial charge on any atom is -0.382 e. The Balaban J connectivity index is 1.61. The maximum atomic E-state index is 13.1. The van der Waals surface area contributed by atoms with Gasteiger partial charge in [-0.05, 0) is 49.7 Å². The molecule has 4 rings (SSSR count). The normalized spacial score (nSPS) is 12.7. The van der Waals surface area contributed by atoms with E-state index in [-0.39, 0.29) is 27.7 Å². The van der Waals surface area contributed by atoms with Crippen LogP contribution in [-0.2, 0) is 11.0 Å². The first-order chi connectivity index (χ1) is 16.0. The molecule has 4 aromatic rings. The summed E-state index contributed by atoms with van der Waals surface area (Å²) in [5.74, 6) is -0.709. The number of aromatic nitrogens is 4. The second-order valence-electron chi connectivity index (χ2n) is 7.64. The van der Waals surface area contributed by atoms with Gasteiger partial charge in [-0.3, -0.25) is 4.79 Å². The second kappa shape index (κ2) is 8.58. The van der Waals surface area contributed by atoms with Gasteiger partial charge in [0.25, 0.3) is 5.91 Å². The third kappa shape index (κ3) is 4.39. The number of fused-ring (bicyclic) bond motifs is 1. The van der Waals surface area contributed by atoms with E-state index >= 15 is 0 Å². The lowest BCUT2D eigenvalue weighted by molar-refractivity contribution is -0.138. The molecule has 1 unspecified atom stereocenters. The first-order valence-electron chi connectivity index (χ1n) is 9.89. The van der Waals surface area contributed by atoms with Crippen molar-refractivity contribution in [2.24, 2.45) is 0 Å². The summed E-state index contributed by atoms with van der Waals surface area (Å²) in [6.45, 7) is 3.20. The summed E-state index contributed by atoms with van der Waals surface area (Å²) in [4.78, 5) is 20.7. The van der Waals surface area contributed by atoms with Crippen LogP contribution in [0.5, 0.6) is 0 Å². The molecule has 34 heavy (non-hydrogen) atoms.